The van der Waals surface area contributed by atoms with Gasteiger partial charge in [-0.2, -0.15) is 5.10 Å². The van der Waals surface area contributed by atoms with Gasteiger partial charge < -0.3 is 16.0 Å². The van der Waals surface area contributed by atoms with Gasteiger partial charge in [-0.05, 0) is 24.6 Å². The summed E-state index contributed by atoms with van der Waals surface area (Å²) in [4.78, 5) is 15.9. The molecule has 0 bridgehead atoms. The third-order valence-electron chi connectivity index (χ3n) is 3.11. The minimum Gasteiger partial charge on any atom is -0.356 e. The van der Waals surface area contributed by atoms with Crippen LogP contribution >= 0.6 is 0 Å². The maximum Gasteiger partial charge on any atom is 0.243 e. The van der Waals surface area contributed by atoms with Gasteiger partial charge in [-0.15, -0.1) is 0 Å². The van der Waals surface area contributed by atoms with E-state index in [2.05, 4.69) is 26.0 Å². The standard InChI is InChI=1S/C16H22N6O/c1-17-16(18-9-5-11-22-12-6-10-20-22)19-13-15(23)21-14-7-3-2-4-8-14/h2-4,6-8,10,12H,5,9,11,13H2,1H3,(H,21,23)(H2,17,18,19). The maximum atomic E-state index is 11.9. The Kier molecular flexibility index (Phi) is 6.65. The summed E-state index contributed by atoms with van der Waals surface area (Å²) in [6.45, 7) is 1.75. The third kappa shape index (κ3) is 6.21. The topological polar surface area (TPSA) is 83.3 Å². The Bertz CT molecular complexity index is 609. The van der Waals surface area contributed by atoms with E-state index in [4.69, 9.17) is 0 Å². The van der Waals surface area contributed by atoms with Crippen LogP contribution in [0.5, 0.6) is 0 Å². The van der Waals surface area contributed by atoms with Crippen LogP contribution in [0, 0.1) is 0 Å². The fraction of sp³-hybridized carbons (Fsp3) is 0.312. The number of benzene rings is 1. The third-order valence-corrected chi connectivity index (χ3v) is 3.11. The van der Waals surface area contributed by atoms with E-state index in [1.165, 1.54) is 0 Å². The zero-order valence-corrected chi connectivity index (χ0v) is 13.2. The molecule has 7 nitrogen and oxygen atoms in total. The number of carbonyl (C=O) groups excluding carboxylic acids is 1. The van der Waals surface area contributed by atoms with Gasteiger partial charge >= 0.3 is 0 Å². The summed E-state index contributed by atoms with van der Waals surface area (Å²) in [5.41, 5.74) is 0.779. The summed E-state index contributed by atoms with van der Waals surface area (Å²) in [5.74, 6) is 0.490. The predicted octanol–water partition coefficient (Wildman–Crippen LogP) is 1.08. The number of aliphatic imine (C=N–C) groups is 1. The second-order valence-corrected chi connectivity index (χ2v) is 4.89. The average Bonchev–Trinajstić information content (AvgIpc) is 3.08. The second kappa shape index (κ2) is 9.24. The molecule has 0 aliphatic carbocycles. The molecule has 0 radical (unpaired) electrons. The molecule has 23 heavy (non-hydrogen) atoms. The number of aromatic nitrogens is 2. The normalized spacial score (nSPS) is 11.1. The molecule has 1 heterocycles. The summed E-state index contributed by atoms with van der Waals surface area (Å²) in [6, 6.07) is 11.3. The summed E-state index contributed by atoms with van der Waals surface area (Å²) in [7, 11) is 1.68. The lowest BCUT2D eigenvalue weighted by Crippen LogP contribution is -2.41. The van der Waals surface area contributed by atoms with Gasteiger partial charge in [0.15, 0.2) is 5.96 Å². The molecule has 0 atom stereocenters. The van der Waals surface area contributed by atoms with E-state index in [0.717, 1.165) is 25.2 Å². The molecule has 0 unspecified atom stereocenters. The van der Waals surface area contributed by atoms with Crippen LogP contribution in [0.1, 0.15) is 6.42 Å². The molecule has 1 aromatic carbocycles. The van der Waals surface area contributed by atoms with E-state index in [9.17, 15) is 4.79 Å². The number of rotatable bonds is 7. The average molecular weight is 314 g/mol. The first kappa shape index (κ1) is 16.5. The van der Waals surface area contributed by atoms with Crippen LogP contribution in [0.15, 0.2) is 53.8 Å². The maximum absolute atomic E-state index is 11.9. The first-order valence-corrected chi connectivity index (χ1v) is 7.55. The van der Waals surface area contributed by atoms with Gasteiger partial charge in [0.25, 0.3) is 0 Å². The molecule has 0 saturated heterocycles. The van der Waals surface area contributed by atoms with Crippen LogP contribution in [0.2, 0.25) is 0 Å². The summed E-state index contributed by atoms with van der Waals surface area (Å²) < 4.78 is 1.88. The van der Waals surface area contributed by atoms with Crippen molar-refractivity contribution in [1.82, 2.24) is 20.4 Å². The molecule has 2 aromatic rings. The Morgan fingerprint density at radius 3 is 2.74 bits per heavy atom. The van der Waals surface area contributed by atoms with Gasteiger partial charge in [0.1, 0.15) is 0 Å². The fourth-order valence-corrected chi connectivity index (χ4v) is 1.99. The van der Waals surface area contributed by atoms with Crippen LogP contribution < -0.4 is 16.0 Å². The first-order valence-electron chi connectivity index (χ1n) is 7.55. The van der Waals surface area contributed by atoms with Crippen molar-refractivity contribution in [1.29, 1.82) is 0 Å². The number of nitrogens with zero attached hydrogens (tertiary/aromatic N) is 3. The zero-order chi connectivity index (χ0) is 16.3. The number of hydrogen-bond acceptors (Lipinski definition) is 3. The first-order chi connectivity index (χ1) is 11.3. The van der Waals surface area contributed by atoms with Crippen LogP contribution in [0.3, 0.4) is 0 Å². The molecule has 2 rings (SSSR count). The summed E-state index contributed by atoms with van der Waals surface area (Å²) in [6.07, 6.45) is 4.61. The van der Waals surface area contributed by atoms with Gasteiger partial charge in [0, 0.05) is 38.2 Å². The van der Waals surface area contributed by atoms with Crippen molar-refractivity contribution in [2.75, 3.05) is 25.5 Å². The highest BCUT2D eigenvalue weighted by Gasteiger charge is 2.03. The minimum atomic E-state index is -0.115. The Balaban J connectivity index is 1.63. The molecule has 122 valence electrons. The van der Waals surface area contributed by atoms with Gasteiger partial charge in [-0.25, -0.2) is 0 Å². The molecule has 0 spiro atoms. The summed E-state index contributed by atoms with van der Waals surface area (Å²) >= 11 is 0. The number of anilines is 1. The lowest BCUT2D eigenvalue weighted by Gasteiger charge is -2.12. The number of guanidine groups is 1. The van der Waals surface area contributed by atoms with Crippen molar-refractivity contribution in [3.63, 3.8) is 0 Å². The molecular weight excluding hydrogens is 292 g/mol. The van der Waals surface area contributed by atoms with Crippen LogP contribution in [0.25, 0.3) is 0 Å². The smallest absolute Gasteiger partial charge is 0.243 e. The fourth-order valence-electron chi connectivity index (χ4n) is 1.99. The highest BCUT2D eigenvalue weighted by molar-refractivity contribution is 5.94. The molecule has 1 aromatic heterocycles. The molecule has 0 aliphatic heterocycles. The Morgan fingerprint density at radius 2 is 2.04 bits per heavy atom. The predicted molar refractivity (Wildman–Crippen MR) is 91.3 cm³/mol. The van der Waals surface area contributed by atoms with Crippen LogP contribution in [-0.4, -0.2) is 41.8 Å². The molecule has 0 aliphatic rings. The molecule has 1 amide bonds. The SMILES string of the molecule is CN=C(NCCCn1cccn1)NCC(=O)Nc1ccccc1. The lowest BCUT2D eigenvalue weighted by atomic mass is 10.3. The molecule has 0 fully saturated rings. The quantitative estimate of drug-likeness (QED) is 0.406. The van der Waals surface area contributed by atoms with Crippen molar-refractivity contribution in [3.05, 3.63) is 48.8 Å². The lowest BCUT2D eigenvalue weighted by molar-refractivity contribution is -0.115. The zero-order valence-electron chi connectivity index (χ0n) is 13.2. The van der Waals surface area contributed by atoms with E-state index in [1.54, 1.807) is 13.2 Å². The van der Waals surface area contributed by atoms with Crippen molar-refractivity contribution in [2.24, 2.45) is 4.99 Å². The molecule has 3 N–H and O–H groups in total. The number of nitrogens with one attached hydrogen (secondary N) is 3. The van der Waals surface area contributed by atoms with E-state index in [-0.39, 0.29) is 12.5 Å². The van der Waals surface area contributed by atoms with E-state index < -0.39 is 0 Å². The van der Waals surface area contributed by atoms with Gasteiger partial charge in [0.2, 0.25) is 5.91 Å². The Labute approximate surface area is 135 Å². The van der Waals surface area contributed by atoms with Crippen molar-refractivity contribution in [2.45, 2.75) is 13.0 Å². The minimum absolute atomic E-state index is 0.115. The number of hydrogen-bond donors (Lipinski definition) is 3. The van der Waals surface area contributed by atoms with Crippen LogP contribution in [0.4, 0.5) is 5.69 Å². The van der Waals surface area contributed by atoms with Crippen molar-refractivity contribution < 1.29 is 4.79 Å². The van der Waals surface area contributed by atoms with Gasteiger partial charge in [-0.1, -0.05) is 18.2 Å². The molecule has 7 heteroatoms. The number of amides is 1. The second-order valence-electron chi connectivity index (χ2n) is 4.89. The largest absolute Gasteiger partial charge is 0.356 e. The van der Waals surface area contributed by atoms with E-state index in [1.807, 2.05) is 47.3 Å². The number of aryl methyl sites for hydroxylation is 1. The highest BCUT2D eigenvalue weighted by Crippen LogP contribution is 2.03. The van der Waals surface area contributed by atoms with Crippen molar-refractivity contribution >= 4 is 17.6 Å². The van der Waals surface area contributed by atoms with Gasteiger partial charge in [-0.3, -0.25) is 14.5 Å². The van der Waals surface area contributed by atoms with Crippen molar-refractivity contribution in [3.8, 4) is 0 Å². The van der Waals surface area contributed by atoms with E-state index in [0.29, 0.717) is 5.96 Å². The Hall–Kier alpha value is -2.83. The highest BCUT2D eigenvalue weighted by atomic mass is 16.1. The summed E-state index contributed by atoms with van der Waals surface area (Å²) in [5, 5.41) is 13.1. The number of para-hydroxylation sites is 1. The molecular formula is C16H22N6O. The van der Waals surface area contributed by atoms with Gasteiger partial charge in [0.05, 0.1) is 6.54 Å². The molecule has 0 saturated carbocycles. The van der Waals surface area contributed by atoms with Crippen LogP contribution in [-0.2, 0) is 11.3 Å². The Morgan fingerprint density at radius 1 is 1.22 bits per heavy atom. The monoisotopic (exact) mass is 314 g/mol. The van der Waals surface area contributed by atoms with E-state index >= 15 is 0 Å². The number of carbonyl (C=O) groups is 1.